The van der Waals surface area contributed by atoms with E-state index in [0.717, 1.165) is 0 Å². The number of benzene rings is 1. The molecule has 0 aromatic heterocycles. The van der Waals surface area contributed by atoms with Crippen LogP contribution in [0.3, 0.4) is 0 Å². The summed E-state index contributed by atoms with van der Waals surface area (Å²) in [6.45, 7) is 0.182. The van der Waals surface area contributed by atoms with Gasteiger partial charge < -0.3 is 15.1 Å². The van der Waals surface area contributed by atoms with E-state index in [2.05, 4.69) is 0 Å². The standard InChI is InChI=1S/C16H16N2O7/c19-14(8-1-4-10(5-2-8)18(24)25)17-7-9-3-6-11(17)13(16(22)23)12(9)15(20)21/h1-2,4-5,9,11-13H,3,6-7H2,(H,20,21)(H,22,23). The molecule has 1 aliphatic carbocycles. The van der Waals surface area contributed by atoms with E-state index >= 15 is 0 Å². The van der Waals surface area contributed by atoms with Crippen molar-refractivity contribution in [2.45, 2.75) is 18.9 Å². The Bertz CT molecular complexity index is 745. The molecule has 2 saturated heterocycles. The van der Waals surface area contributed by atoms with E-state index in [9.17, 15) is 34.7 Å². The van der Waals surface area contributed by atoms with Gasteiger partial charge in [0.1, 0.15) is 0 Å². The van der Waals surface area contributed by atoms with Crippen molar-refractivity contribution in [3.8, 4) is 0 Å². The second kappa shape index (κ2) is 6.15. The number of nitro benzene ring substituents is 1. The van der Waals surface area contributed by atoms with Crippen LogP contribution in [0.4, 0.5) is 5.69 Å². The lowest BCUT2D eigenvalue weighted by Gasteiger charge is -2.51. The van der Waals surface area contributed by atoms with Crippen LogP contribution >= 0.6 is 0 Å². The van der Waals surface area contributed by atoms with Gasteiger partial charge in [0.05, 0.1) is 16.8 Å². The first-order valence-electron chi connectivity index (χ1n) is 7.82. The fourth-order valence-electron chi connectivity index (χ4n) is 4.02. The van der Waals surface area contributed by atoms with Gasteiger partial charge in [0.2, 0.25) is 0 Å². The highest BCUT2D eigenvalue weighted by molar-refractivity contribution is 5.95. The topological polar surface area (TPSA) is 138 Å². The van der Waals surface area contributed by atoms with Crippen LogP contribution in [0.25, 0.3) is 0 Å². The Kier molecular flexibility index (Phi) is 4.15. The highest BCUT2D eigenvalue weighted by atomic mass is 16.6. The third-order valence-corrected chi connectivity index (χ3v) is 5.13. The minimum atomic E-state index is -1.22. The van der Waals surface area contributed by atoms with Gasteiger partial charge in [-0.1, -0.05) is 0 Å². The van der Waals surface area contributed by atoms with Crippen LogP contribution < -0.4 is 0 Å². The largest absolute Gasteiger partial charge is 0.481 e. The average molecular weight is 348 g/mol. The van der Waals surface area contributed by atoms with E-state index in [1.807, 2.05) is 0 Å². The molecule has 0 spiro atoms. The van der Waals surface area contributed by atoms with Crippen LogP contribution in [0.1, 0.15) is 23.2 Å². The Labute approximate surface area is 142 Å². The number of aliphatic carboxylic acids is 2. The molecule has 1 aromatic rings. The number of fused-ring (bicyclic) bond motifs is 3. The Morgan fingerprint density at radius 1 is 1.04 bits per heavy atom. The molecule has 3 aliphatic rings. The Morgan fingerprint density at radius 2 is 1.64 bits per heavy atom. The molecular weight excluding hydrogens is 332 g/mol. The molecule has 2 bridgehead atoms. The van der Waals surface area contributed by atoms with Gasteiger partial charge >= 0.3 is 11.9 Å². The molecule has 2 N–H and O–H groups in total. The SMILES string of the molecule is O=C(O)C1C2CCC(C1C(=O)O)N(C(=O)c1ccc([N+](=O)[O-])cc1)C2. The highest BCUT2D eigenvalue weighted by Crippen LogP contribution is 2.44. The number of hydrogen-bond donors (Lipinski definition) is 2. The van der Waals surface area contributed by atoms with Crippen molar-refractivity contribution >= 4 is 23.5 Å². The van der Waals surface area contributed by atoms with Gasteiger partial charge in [-0.2, -0.15) is 0 Å². The van der Waals surface area contributed by atoms with E-state index in [0.29, 0.717) is 12.8 Å². The summed E-state index contributed by atoms with van der Waals surface area (Å²) in [4.78, 5) is 47.3. The molecule has 9 heteroatoms. The number of amides is 1. The van der Waals surface area contributed by atoms with Gasteiger partial charge in [0.25, 0.3) is 11.6 Å². The average Bonchev–Trinajstić information content (AvgIpc) is 2.60. The van der Waals surface area contributed by atoms with Crippen LogP contribution in [-0.2, 0) is 9.59 Å². The first kappa shape index (κ1) is 16.9. The van der Waals surface area contributed by atoms with Crippen molar-refractivity contribution in [3.05, 3.63) is 39.9 Å². The van der Waals surface area contributed by atoms with E-state index in [1.165, 1.54) is 29.2 Å². The van der Waals surface area contributed by atoms with Crippen LogP contribution in [0.15, 0.2) is 24.3 Å². The molecule has 4 rings (SSSR count). The molecule has 1 saturated carbocycles. The summed E-state index contributed by atoms with van der Waals surface area (Å²) < 4.78 is 0. The molecule has 9 nitrogen and oxygen atoms in total. The lowest BCUT2D eigenvalue weighted by molar-refractivity contribution is -0.384. The minimum absolute atomic E-state index is 0.147. The molecule has 4 unspecified atom stereocenters. The predicted octanol–water partition coefficient (Wildman–Crippen LogP) is 1.23. The molecule has 4 atom stereocenters. The van der Waals surface area contributed by atoms with Crippen molar-refractivity contribution in [2.24, 2.45) is 17.8 Å². The predicted molar refractivity (Wildman–Crippen MR) is 82.9 cm³/mol. The van der Waals surface area contributed by atoms with Crippen LogP contribution in [0.5, 0.6) is 0 Å². The summed E-state index contributed by atoms with van der Waals surface area (Å²) >= 11 is 0. The fourth-order valence-corrected chi connectivity index (χ4v) is 4.02. The number of carbonyl (C=O) groups excluding carboxylic acids is 1. The number of nitro groups is 1. The molecule has 132 valence electrons. The van der Waals surface area contributed by atoms with Gasteiger partial charge in [-0.05, 0) is 30.9 Å². The van der Waals surface area contributed by atoms with Crippen molar-refractivity contribution in [2.75, 3.05) is 6.54 Å². The quantitative estimate of drug-likeness (QED) is 0.616. The minimum Gasteiger partial charge on any atom is -0.481 e. The summed E-state index contributed by atoms with van der Waals surface area (Å²) in [5, 5.41) is 29.5. The zero-order valence-electron chi connectivity index (χ0n) is 13.1. The smallest absolute Gasteiger partial charge is 0.309 e. The first-order chi connectivity index (χ1) is 11.8. The van der Waals surface area contributed by atoms with Gasteiger partial charge in [-0.3, -0.25) is 24.5 Å². The number of carboxylic acids is 2. The molecular formula is C16H16N2O7. The van der Waals surface area contributed by atoms with Gasteiger partial charge in [0, 0.05) is 30.3 Å². The Balaban J connectivity index is 1.88. The summed E-state index contributed by atoms with van der Waals surface area (Å²) in [5.74, 6) is -5.36. The molecule has 2 aliphatic heterocycles. The lowest BCUT2D eigenvalue weighted by atomic mass is 9.65. The fraction of sp³-hybridized carbons (Fsp3) is 0.438. The normalized spacial score (nSPS) is 27.8. The van der Waals surface area contributed by atoms with Crippen molar-refractivity contribution in [1.29, 1.82) is 0 Å². The molecule has 2 heterocycles. The van der Waals surface area contributed by atoms with Crippen molar-refractivity contribution in [3.63, 3.8) is 0 Å². The highest BCUT2D eigenvalue weighted by Gasteiger charge is 2.55. The van der Waals surface area contributed by atoms with Crippen molar-refractivity contribution in [1.82, 2.24) is 4.90 Å². The maximum atomic E-state index is 12.7. The molecule has 3 fully saturated rings. The number of piperidine rings is 2. The number of hydrogen-bond acceptors (Lipinski definition) is 5. The molecule has 1 aromatic carbocycles. The zero-order chi connectivity index (χ0) is 18.3. The molecule has 25 heavy (non-hydrogen) atoms. The number of non-ortho nitro benzene ring substituents is 1. The number of carboxylic acid groups (broad SMARTS) is 2. The maximum Gasteiger partial charge on any atom is 0.309 e. The maximum absolute atomic E-state index is 12.7. The summed E-state index contributed by atoms with van der Waals surface area (Å²) in [6.07, 6.45) is 1.000. The van der Waals surface area contributed by atoms with Crippen LogP contribution in [0, 0.1) is 27.9 Å². The monoisotopic (exact) mass is 348 g/mol. The van der Waals surface area contributed by atoms with Gasteiger partial charge in [-0.15, -0.1) is 0 Å². The number of carbonyl (C=O) groups is 3. The summed E-state index contributed by atoms with van der Waals surface area (Å²) in [5.41, 5.74) is 0.0697. The Morgan fingerprint density at radius 3 is 2.16 bits per heavy atom. The number of nitrogens with zero attached hydrogens (tertiary/aromatic N) is 2. The van der Waals surface area contributed by atoms with Gasteiger partial charge in [0.15, 0.2) is 0 Å². The Hall–Kier alpha value is -2.97. The van der Waals surface area contributed by atoms with E-state index in [1.54, 1.807) is 0 Å². The lowest BCUT2D eigenvalue weighted by Crippen LogP contribution is -2.62. The van der Waals surface area contributed by atoms with E-state index < -0.39 is 46.6 Å². The second-order valence-electron chi connectivity index (χ2n) is 6.39. The van der Waals surface area contributed by atoms with E-state index in [-0.39, 0.29) is 17.8 Å². The zero-order valence-corrected chi connectivity index (χ0v) is 13.1. The third-order valence-electron chi connectivity index (χ3n) is 5.13. The second-order valence-corrected chi connectivity index (χ2v) is 6.39. The summed E-state index contributed by atoms with van der Waals surface area (Å²) in [7, 11) is 0. The van der Waals surface area contributed by atoms with Gasteiger partial charge in [-0.25, -0.2) is 0 Å². The third kappa shape index (κ3) is 2.81. The van der Waals surface area contributed by atoms with Crippen LogP contribution in [-0.4, -0.2) is 50.5 Å². The number of rotatable bonds is 4. The molecule has 0 radical (unpaired) electrons. The van der Waals surface area contributed by atoms with Crippen molar-refractivity contribution < 1.29 is 29.5 Å². The van der Waals surface area contributed by atoms with E-state index in [4.69, 9.17) is 0 Å². The summed E-state index contributed by atoms with van der Waals surface area (Å²) in [6, 6.07) is 4.39. The molecule has 1 amide bonds. The first-order valence-corrected chi connectivity index (χ1v) is 7.82. The van der Waals surface area contributed by atoms with Crippen LogP contribution in [0.2, 0.25) is 0 Å².